The van der Waals surface area contributed by atoms with E-state index < -0.39 is 0 Å². The SMILES string of the molecule is C1=CC(c2ccnc3ccc4c5ccccc5[nH]c4c23)C=C1. The highest BCUT2D eigenvalue weighted by Crippen LogP contribution is 2.36. The zero-order valence-corrected chi connectivity index (χ0v) is 12.0. The molecular weight excluding hydrogens is 268 g/mol. The summed E-state index contributed by atoms with van der Waals surface area (Å²) in [5.74, 6) is 0.336. The van der Waals surface area contributed by atoms with Crippen LogP contribution in [-0.4, -0.2) is 9.97 Å². The average Bonchev–Trinajstić information content (AvgIpc) is 3.21. The Balaban J connectivity index is 1.98. The molecule has 0 fully saturated rings. The first-order valence-electron chi connectivity index (χ1n) is 7.55. The van der Waals surface area contributed by atoms with Gasteiger partial charge in [-0.15, -0.1) is 0 Å². The molecule has 1 aliphatic carbocycles. The number of nitrogens with zero attached hydrogens (tertiary/aromatic N) is 1. The molecule has 1 aliphatic rings. The first-order chi connectivity index (χ1) is 10.9. The second-order valence-electron chi connectivity index (χ2n) is 5.75. The van der Waals surface area contributed by atoms with E-state index in [-0.39, 0.29) is 0 Å². The van der Waals surface area contributed by atoms with Gasteiger partial charge in [-0.1, -0.05) is 48.6 Å². The summed E-state index contributed by atoms with van der Waals surface area (Å²) in [7, 11) is 0. The Kier molecular flexibility index (Phi) is 2.30. The molecule has 0 spiro atoms. The number of benzene rings is 2. The molecule has 2 aromatic heterocycles. The van der Waals surface area contributed by atoms with Gasteiger partial charge in [-0.05, 0) is 23.8 Å². The summed E-state index contributed by atoms with van der Waals surface area (Å²) < 4.78 is 0. The Hall–Kier alpha value is -2.87. The van der Waals surface area contributed by atoms with Crippen LogP contribution in [0.4, 0.5) is 0 Å². The lowest BCUT2D eigenvalue weighted by atomic mass is 9.95. The molecule has 0 aliphatic heterocycles. The minimum Gasteiger partial charge on any atom is -0.354 e. The Morgan fingerprint density at radius 2 is 1.73 bits per heavy atom. The fourth-order valence-electron chi connectivity index (χ4n) is 3.51. The zero-order valence-electron chi connectivity index (χ0n) is 12.0. The third-order valence-electron chi connectivity index (χ3n) is 4.52. The number of allylic oxidation sites excluding steroid dienone is 4. The number of pyridine rings is 1. The van der Waals surface area contributed by atoms with Gasteiger partial charge in [0.2, 0.25) is 0 Å². The van der Waals surface area contributed by atoms with Crippen LogP contribution < -0.4 is 0 Å². The molecule has 0 saturated carbocycles. The maximum absolute atomic E-state index is 4.57. The van der Waals surface area contributed by atoms with Gasteiger partial charge in [-0.2, -0.15) is 0 Å². The maximum atomic E-state index is 4.57. The number of nitrogens with one attached hydrogen (secondary N) is 1. The first-order valence-corrected chi connectivity index (χ1v) is 7.55. The summed E-state index contributed by atoms with van der Waals surface area (Å²) in [5.41, 5.74) is 4.73. The summed E-state index contributed by atoms with van der Waals surface area (Å²) in [5, 5.41) is 3.77. The minimum absolute atomic E-state index is 0.336. The Labute approximate surface area is 127 Å². The zero-order chi connectivity index (χ0) is 14.5. The molecule has 2 heterocycles. The van der Waals surface area contributed by atoms with Gasteiger partial charge in [0.15, 0.2) is 0 Å². The van der Waals surface area contributed by atoms with Crippen LogP contribution in [-0.2, 0) is 0 Å². The standard InChI is InChI=1S/C20H14N2/c1-2-6-13(5-1)14-11-12-21-18-10-9-16-15-7-3-4-8-17(15)22-20(16)19(14)18/h1-13,22H. The summed E-state index contributed by atoms with van der Waals surface area (Å²) in [6.45, 7) is 0. The van der Waals surface area contributed by atoms with Crippen LogP contribution in [0, 0.1) is 0 Å². The van der Waals surface area contributed by atoms with Gasteiger partial charge in [0.1, 0.15) is 0 Å². The van der Waals surface area contributed by atoms with E-state index in [2.05, 4.69) is 76.7 Å². The number of aromatic amines is 1. The van der Waals surface area contributed by atoms with E-state index >= 15 is 0 Å². The van der Waals surface area contributed by atoms with Gasteiger partial charge in [-0.3, -0.25) is 4.98 Å². The molecule has 104 valence electrons. The van der Waals surface area contributed by atoms with E-state index in [1.54, 1.807) is 0 Å². The predicted molar refractivity (Wildman–Crippen MR) is 92.1 cm³/mol. The number of rotatable bonds is 1. The predicted octanol–water partition coefficient (Wildman–Crippen LogP) is 5.08. The highest BCUT2D eigenvalue weighted by atomic mass is 14.7. The van der Waals surface area contributed by atoms with Crippen LogP contribution in [0.1, 0.15) is 11.5 Å². The molecule has 2 aromatic carbocycles. The summed E-state index contributed by atoms with van der Waals surface area (Å²) in [4.78, 5) is 8.16. The van der Waals surface area contributed by atoms with E-state index in [9.17, 15) is 0 Å². The molecule has 2 nitrogen and oxygen atoms in total. The molecule has 4 aromatic rings. The van der Waals surface area contributed by atoms with Crippen LogP contribution >= 0.6 is 0 Å². The van der Waals surface area contributed by atoms with Crippen molar-refractivity contribution in [1.82, 2.24) is 9.97 Å². The van der Waals surface area contributed by atoms with Crippen molar-refractivity contribution in [2.75, 3.05) is 0 Å². The number of para-hydroxylation sites is 1. The second-order valence-corrected chi connectivity index (χ2v) is 5.75. The van der Waals surface area contributed by atoms with E-state index in [0.29, 0.717) is 5.92 Å². The Morgan fingerprint density at radius 3 is 2.64 bits per heavy atom. The van der Waals surface area contributed by atoms with Crippen molar-refractivity contribution in [2.24, 2.45) is 0 Å². The van der Waals surface area contributed by atoms with Crippen molar-refractivity contribution in [2.45, 2.75) is 5.92 Å². The minimum atomic E-state index is 0.336. The van der Waals surface area contributed by atoms with Crippen LogP contribution in [0.2, 0.25) is 0 Å². The number of aromatic nitrogens is 2. The molecule has 0 saturated heterocycles. The second kappa shape index (κ2) is 4.31. The monoisotopic (exact) mass is 282 g/mol. The topological polar surface area (TPSA) is 28.7 Å². The van der Waals surface area contributed by atoms with Crippen LogP contribution in [0.3, 0.4) is 0 Å². The highest BCUT2D eigenvalue weighted by molar-refractivity contribution is 6.17. The van der Waals surface area contributed by atoms with Gasteiger partial charge in [0.05, 0.1) is 11.0 Å². The lowest BCUT2D eigenvalue weighted by Gasteiger charge is -2.10. The number of H-pyrrole nitrogens is 1. The van der Waals surface area contributed by atoms with Crippen molar-refractivity contribution >= 4 is 32.7 Å². The third-order valence-corrected chi connectivity index (χ3v) is 4.52. The van der Waals surface area contributed by atoms with E-state index in [1.165, 1.54) is 32.8 Å². The number of hydrogen-bond donors (Lipinski definition) is 1. The van der Waals surface area contributed by atoms with Crippen molar-refractivity contribution in [3.8, 4) is 0 Å². The number of hydrogen-bond acceptors (Lipinski definition) is 1. The summed E-state index contributed by atoms with van der Waals surface area (Å²) in [6.07, 6.45) is 10.6. The number of fused-ring (bicyclic) bond motifs is 5. The molecule has 0 atom stereocenters. The van der Waals surface area contributed by atoms with Gasteiger partial charge in [0, 0.05) is 33.8 Å². The van der Waals surface area contributed by atoms with Crippen molar-refractivity contribution in [3.63, 3.8) is 0 Å². The van der Waals surface area contributed by atoms with Gasteiger partial charge in [0.25, 0.3) is 0 Å². The van der Waals surface area contributed by atoms with Gasteiger partial charge >= 0.3 is 0 Å². The lowest BCUT2D eigenvalue weighted by molar-refractivity contribution is 1.12. The molecule has 22 heavy (non-hydrogen) atoms. The molecule has 2 heteroatoms. The Morgan fingerprint density at radius 1 is 0.864 bits per heavy atom. The normalized spacial score (nSPS) is 14.7. The lowest BCUT2D eigenvalue weighted by Crippen LogP contribution is -1.93. The quantitative estimate of drug-likeness (QED) is 0.518. The average molecular weight is 282 g/mol. The van der Waals surface area contributed by atoms with Crippen molar-refractivity contribution in [1.29, 1.82) is 0 Å². The first kappa shape index (κ1) is 11.8. The van der Waals surface area contributed by atoms with E-state index in [1.807, 2.05) is 6.20 Å². The smallest absolute Gasteiger partial charge is 0.0726 e. The van der Waals surface area contributed by atoms with Crippen LogP contribution in [0.25, 0.3) is 32.7 Å². The molecule has 1 N–H and O–H groups in total. The van der Waals surface area contributed by atoms with E-state index in [0.717, 1.165) is 5.52 Å². The third kappa shape index (κ3) is 1.52. The van der Waals surface area contributed by atoms with Gasteiger partial charge in [-0.25, -0.2) is 0 Å². The van der Waals surface area contributed by atoms with E-state index in [4.69, 9.17) is 0 Å². The summed E-state index contributed by atoms with van der Waals surface area (Å²) >= 11 is 0. The maximum Gasteiger partial charge on any atom is 0.0726 e. The molecule has 0 amide bonds. The van der Waals surface area contributed by atoms with Gasteiger partial charge < -0.3 is 4.98 Å². The molecule has 5 rings (SSSR count). The van der Waals surface area contributed by atoms with Crippen molar-refractivity contribution in [3.05, 3.63) is 78.5 Å². The summed E-state index contributed by atoms with van der Waals surface area (Å²) in [6, 6.07) is 14.9. The molecular formula is C20H14N2. The Bertz CT molecular complexity index is 1070. The van der Waals surface area contributed by atoms with Crippen LogP contribution in [0.5, 0.6) is 0 Å². The highest BCUT2D eigenvalue weighted by Gasteiger charge is 2.15. The fourth-order valence-corrected chi connectivity index (χ4v) is 3.51. The molecule has 0 unspecified atom stereocenters. The van der Waals surface area contributed by atoms with Crippen LogP contribution in [0.15, 0.2) is 73.0 Å². The largest absolute Gasteiger partial charge is 0.354 e. The molecule has 0 radical (unpaired) electrons. The molecule has 0 bridgehead atoms. The van der Waals surface area contributed by atoms with Crippen molar-refractivity contribution < 1.29 is 0 Å². The fraction of sp³-hybridized carbons (Fsp3) is 0.0500.